The topological polar surface area (TPSA) is 55.2 Å². The van der Waals surface area contributed by atoms with Crippen molar-refractivity contribution in [1.29, 1.82) is 0 Å². The summed E-state index contributed by atoms with van der Waals surface area (Å²) in [6, 6.07) is 13.6. The lowest BCUT2D eigenvalue weighted by Gasteiger charge is -2.17. The summed E-state index contributed by atoms with van der Waals surface area (Å²) in [6.45, 7) is -0.228. The molecule has 2 aromatic rings. The van der Waals surface area contributed by atoms with Crippen LogP contribution in [0, 0.1) is 10.1 Å². The zero-order valence-electron chi connectivity index (χ0n) is 10.4. The van der Waals surface area contributed by atoms with Crippen molar-refractivity contribution in [3.8, 4) is 0 Å². The Morgan fingerprint density at radius 3 is 2.40 bits per heavy atom. The number of nitrogens with one attached hydrogen (secondary N) is 1. The summed E-state index contributed by atoms with van der Waals surface area (Å²) < 4.78 is 0. The first-order chi connectivity index (χ1) is 9.54. The van der Waals surface area contributed by atoms with Crippen molar-refractivity contribution in [3.63, 3.8) is 0 Å². The summed E-state index contributed by atoms with van der Waals surface area (Å²) in [5, 5.41) is 15.1. The molecule has 0 aliphatic carbocycles. The van der Waals surface area contributed by atoms with Crippen LogP contribution in [0.5, 0.6) is 0 Å². The minimum absolute atomic E-state index is 0.228. The Labute approximate surface area is 126 Å². The molecule has 0 saturated carbocycles. The van der Waals surface area contributed by atoms with E-state index >= 15 is 0 Å². The molecule has 0 aliphatic heterocycles. The first-order valence-corrected chi connectivity index (χ1v) is 6.69. The molecule has 0 fully saturated rings. The van der Waals surface area contributed by atoms with E-state index in [9.17, 15) is 10.1 Å². The number of hydrogen-bond donors (Lipinski definition) is 1. The van der Waals surface area contributed by atoms with Gasteiger partial charge in [0.25, 0.3) is 0 Å². The van der Waals surface area contributed by atoms with Crippen LogP contribution in [0.4, 0.5) is 5.69 Å². The molecule has 0 aliphatic rings. The fraction of sp³-hybridized carbons (Fsp3) is 0.143. The second-order valence-corrected chi connectivity index (χ2v) is 5.15. The monoisotopic (exact) mass is 310 g/mol. The van der Waals surface area contributed by atoms with Crippen molar-refractivity contribution in [3.05, 3.63) is 74.3 Å². The van der Waals surface area contributed by atoms with Gasteiger partial charge < -0.3 is 5.32 Å². The van der Waals surface area contributed by atoms with E-state index in [-0.39, 0.29) is 11.5 Å². The number of halogens is 2. The number of anilines is 1. The van der Waals surface area contributed by atoms with Gasteiger partial charge in [-0.2, -0.15) is 0 Å². The summed E-state index contributed by atoms with van der Waals surface area (Å²) in [7, 11) is 0. The van der Waals surface area contributed by atoms with Crippen LogP contribution in [0.15, 0.2) is 48.5 Å². The third kappa shape index (κ3) is 4.11. The lowest BCUT2D eigenvalue weighted by Crippen LogP contribution is -2.20. The third-order valence-corrected chi connectivity index (χ3v) is 3.26. The zero-order chi connectivity index (χ0) is 14.5. The molecule has 0 bridgehead atoms. The van der Waals surface area contributed by atoms with Crippen molar-refractivity contribution < 1.29 is 4.92 Å². The summed E-state index contributed by atoms with van der Waals surface area (Å²) in [5.74, 6) is 0. The smallest absolute Gasteiger partial charge is 0.227 e. The van der Waals surface area contributed by atoms with Gasteiger partial charge in [0.05, 0.1) is 0 Å². The van der Waals surface area contributed by atoms with Crippen LogP contribution in [0.2, 0.25) is 10.0 Å². The van der Waals surface area contributed by atoms with Crippen molar-refractivity contribution in [2.45, 2.75) is 6.04 Å². The number of hydrogen-bond acceptors (Lipinski definition) is 3. The van der Waals surface area contributed by atoms with Gasteiger partial charge in [-0.1, -0.05) is 41.4 Å². The van der Waals surface area contributed by atoms with Crippen molar-refractivity contribution in [1.82, 2.24) is 0 Å². The Bertz CT molecular complexity index is 602. The molecule has 0 saturated heterocycles. The van der Waals surface area contributed by atoms with Gasteiger partial charge in [-0.25, -0.2) is 0 Å². The highest BCUT2D eigenvalue weighted by atomic mass is 35.5. The summed E-state index contributed by atoms with van der Waals surface area (Å²) in [5.41, 5.74) is 1.53. The molecule has 2 rings (SSSR count). The molecule has 0 amide bonds. The molecule has 20 heavy (non-hydrogen) atoms. The highest BCUT2D eigenvalue weighted by Crippen LogP contribution is 2.23. The van der Waals surface area contributed by atoms with E-state index in [0.29, 0.717) is 10.0 Å². The standard InChI is InChI=1S/C14H12Cl2N2O2/c15-11-6-4-10(5-7-11)14(9-18(19)20)17-13-3-1-2-12(16)8-13/h1-8,14,17H,9H2. The predicted octanol–water partition coefficient (Wildman–Crippen LogP) is 4.42. The Balaban J connectivity index is 2.23. The van der Waals surface area contributed by atoms with Gasteiger partial charge in [-0.15, -0.1) is 0 Å². The van der Waals surface area contributed by atoms with Gasteiger partial charge in [0, 0.05) is 20.7 Å². The number of rotatable bonds is 5. The maximum Gasteiger partial charge on any atom is 0.227 e. The maximum atomic E-state index is 10.8. The SMILES string of the molecule is O=[N+]([O-])CC(Nc1cccc(Cl)c1)c1ccc(Cl)cc1. The molecule has 2 aromatic carbocycles. The summed E-state index contributed by atoms with van der Waals surface area (Å²) in [6.07, 6.45) is 0. The van der Waals surface area contributed by atoms with Gasteiger partial charge in [0.1, 0.15) is 6.04 Å². The van der Waals surface area contributed by atoms with Crippen LogP contribution in [0.25, 0.3) is 0 Å². The van der Waals surface area contributed by atoms with E-state index in [1.54, 1.807) is 42.5 Å². The van der Waals surface area contributed by atoms with Gasteiger partial charge in [-0.3, -0.25) is 10.1 Å². The average Bonchev–Trinajstić information content (AvgIpc) is 2.38. The van der Waals surface area contributed by atoms with Crippen LogP contribution in [0.1, 0.15) is 11.6 Å². The first kappa shape index (κ1) is 14.6. The molecule has 1 atom stereocenters. The quantitative estimate of drug-likeness (QED) is 0.657. The van der Waals surface area contributed by atoms with E-state index in [4.69, 9.17) is 23.2 Å². The van der Waals surface area contributed by atoms with E-state index in [2.05, 4.69) is 5.32 Å². The summed E-state index contributed by atoms with van der Waals surface area (Å²) >= 11 is 11.7. The normalized spacial score (nSPS) is 11.9. The highest BCUT2D eigenvalue weighted by molar-refractivity contribution is 6.31. The van der Waals surface area contributed by atoms with E-state index in [1.807, 2.05) is 6.07 Å². The molecular weight excluding hydrogens is 299 g/mol. The number of benzene rings is 2. The molecule has 1 N–H and O–H groups in total. The lowest BCUT2D eigenvalue weighted by atomic mass is 10.1. The van der Waals surface area contributed by atoms with Gasteiger partial charge >= 0.3 is 0 Å². The molecule has 1 unspecified atom stereocenters. The lowest BCUT2D eigenvalue weighted by molar-refractivity contribution is -0.482. The Morgan fingerprint density at radius 1 is 1.10 bits per heavy atom. The molecule has 0 heterocycles. The van der Waals surface area contributed by atoms with Gasteiger partial charge in [0.2, 0.25) is 6.54 Å². The third-order valence-electron chi connectivity index (χ3n) is 2.77. The van der Waals surface area contributed by atoms with Gasteiger partial charge in [-0.05, 0) is 35.9 Å². The Morgan fingerprint density at radius 2 is 1.80 bits per heavy atom. The minimum atomic E-state index is -0.444. The molecule has 104 valence electrons. The largest absolute Gasteiger partial charge is 0.372 e. The Hall–Kier alpha value is -1.78. The van der Waals surface area contributed by atoms with Crippen LogP contribution in [0.3, 0.4) is 0 Å². The molecule has 0 spiro atoms. The molecular formula is C14H12Cl2N2O2. The van der Waals surface area contributed by atoms with Crippen LogP contribution in [-0.4, -0.2) is 11.5 Å². The molecule has 0 radical (unpaired) electrons. The van der Waals surface area contributed by atoms with E-state index in [0.717, 1.165) is 11.3 Å². The number of nitro groups is 1. The average molecular weight is 311 g/mol. The number of nitrogens with zero attached hydrogens (tertiary/aromatic N) is 1. The van der Waals surface area contributed by atoms with Crippen molar-refractivity contribution >= 4 is 28.9 Å². The second kappa shape index (κ2) is 6.59. The van der Waals surface area contributed by atoms with Crippen LogP contribution in [-0.2, 0) is 0 Å². The Kier molecular flexibility index (Phi) is 4.82. The second-order valence-electron chi connectivity index (χ2n) is 4.27. The van der Waals surface area contributed by atoms with Crippen LogP contribution >= 0.6 is 23.2 Å². The fourth-order valence-corrected chi connectivity index (χ4v) is 2.17. The maximum absolute atomic E-state index is 10.8. The van der Waals surface area contributed by atoms with E-state index in [1.165, 1.54) is 0 Å². The summed E-state index contributed by atoms with van der Waals surface area (Å²) in [4.78, 5) is 10.5. The van der Waals surface area contributed by atoms with E-state index < -0.39 is 6.04 Å². The fourth-order valence-electron chi connectivity index (χ4n) is 1.86. The zero-order valence-corrected chi connectivity index (χ0v) is 11.9. The molecule has 4 nitrogen and oxygen atoms in total. The predicted molar refractivity (Wildman–Crippen MR) is 81.1 cm³/mol. The van der Waals surface area contributed by atoms with Crippen LogP contribution < -0.4 is 5.32 Å². The molecule has 6 heteroatoms. The molecule has 0 aromatic heterocycles. The van der Waals surface area contributed by atoms with Crippen molar-refractivity contribution in [2.24, 2.45) is 0 Å². The first-order valence-electron chi connectivity index (χ1n) is 5.94. The highest BCUT2D eigenvalue weighted by Gasteiger charge is 2.17. The van der Waals surface area contributed by atoms with Crippen molar-refractivity contribution in [2.75, 3.05) is 11.9 Å². The minimum Gasteiger partial charge on any atom is -0.372 e. The van der Waals surface area contributed by atoms with Gasteiger partial charge in [0.15, 0.2) is 0 Å².